The molecule has 2 aromatic carbocycles. The number of rotatable bonds is 9. The van der Waals surface area contributed by atoms with Crippen molar-refractivity contribution >= 4 is 23.1 Å². The van der Waals surface area contributed by atoms with Gasteiger partial charge in [-0.1, -0.05) is 44.4 Å². The lowest BCUT2D eigenvalue weighted by Crippen LogP contribution is -2.33. The predicted molar refractivity (Wildman–Crippen MR) is 117 cm³/mol. The molecular formula is C24H26N2O5. The zero-order valence-corrected chi connectivity index (χ0v) is 17.8. The lowest BCUT2D eigenvalue weighted by Gasteiger charge is -2.15. The Kier molecular flexibility index (Phi) is 6.11. The SMILES string of the molecule is CCCCCCN1C(=O)C(Nc2ccc3c(c2)OCO3)=C(c2ccccc2OC)C1=O. The highest BCUT2D eigenvalue weighted by Gasteiger charge is 2.40. The van der Waals surface area contributed by atoms with E-state index >= 15 is 0 Å². The maximum atomic E-state index is 13.3. The van der Waals surface area contributed by atoms with Crippen molar-refractivity contribution in [2.45, 2.75) is 32.6 Å². The number of hydrogen-bond acceptors (Lipinski definition) is 6. The summed E-state index contributed by atoms with van der Waals surface area (Å²) >= 11 is 0. The van der Waals surface area contributed by atoms with Crippen molar-refractivity contribution in [3.8, 4) is 17.2 Å². The number of imide groups is 1. The first-order valence-electron chi connectivity index (χ1n) is 10.5. The molecule has 162 valence electrons. The molecule has 0 atom stereocenters. The molecule has 2 aromatic rings. The van der Waals surface area contributed by atoms with Crippen LogP contribution in [-0.2, 0) is 9.59 Å². The zero-order valence-electron chi connectivity index (χ0n) is 17.8. The molecule has 2 aliphatic rings. The maximum absolute atomic E-state index is 13.3. The van der Waals surface area contributed by atoms with Gasteiger partial charge in [0.05, 0.1) is 12.7 Å². The second kappa shape index (κ2) is 9.12. The van der Waals surface area contributed by atoms with Gasteiger partial charge in [0, 0.05) is 23.9 Å². The number of nitrogens with zero attached hydrogens (tertiary/aromatic N) is 1. The van der Waals surface area contributed by atoms with Crippen LogP contribution in [-0.4, -0.2) is 37.2 Å². The monoisotopic (exact) mass is 422 g/mol. The number of unbranched alkanes of at least 4 members (excludes halogenated alkanes) is 3. The molecule has 1 N–H and O–H groups in total. The molecule has 0 saturated carbocycles. The molecule has 0 spiro atoms. The first-order chi connectivity index (χ1) is 15.1. The zero-order chi connectivity index (χ0) is 21.8. The van der Waals surface area contributed by atoms with Crippen molar-refractivity contribution in [2.75, 3.05) is 25.8 Å². The molecule has 0 bridgehead atoms. The van der Waals surface area contributed by atoms with Crippen LogP contribution in [0.3, 0.4) is 0 Å². The lowest BCUT2D eigenvalue weighted by molar-refractivity contribution is -0.136. The maximum Gasteiger partial charge on any atom is 0.278 e. The average molecular weight is 422 g/mol. The summed E-state index contributed by atoms with van der Waals surface area (Å²) in [5, 5.41) is 3.16. The van der Waals surface area contributed by atoms with E-state index in [1.165, 1.54) is 4.90 Å². The fourth-order valence-corrected chi connectivity index (χ4v) is 3.81. The molecule has 0 radical (unpaired) electrons. The number of anilines is 1. The number of benzene rings is 2. The van der Waals surface area contributed by atoms with Crippen molar-refractivity contribution < 1.29 is 23.8 Å². The average Bonchev–Trinajstić information content (AvgIpc) is 3.34. The number of fused-ring (bicyclic) bond motifs is 1. The summed E-state index contributed by atoms with van der Waals surface area (Å²) in [5.41, 5.74) is 1.78. The largest absolute Gasteiger partial charge is 0.496 e. The Morgan fingerprint density at radius 1 is 1.00 bits per heavy atom. The minimum atomic E-state index is -0.333. The van der Waals surface area contributed by atoms with Crippen LogP contribution in [0.1, 0.15) is 38.2 Å². The van der Waals surface area contributed by atoms with Gasteiger partial charge in [0.25, 0.3) is 11.8 Å². The number of carbonyl (C=O) groups excluding carboxylic acids is 2. The molecule has 7 nitrogen and oxygen atoms in total. The van der Waals surface area contributed by atoms with Crippen LogP contribution in [0.15, 0.2) is 48.2 Å². The van der Waals surface area contributed by atoms with Gasteiger partial charge in [0.15, 0.2) is 11.5 Å². The fraction of sp³-hybridized carbons (Fsp3) is 0.333. The highest BCUT2D eigenvalue weighted by molar-refractivity contribution is 6.37. The molecule has 0 unspecified atom stereocenters. The van der Waals surface area contributed by atoms with Gasteiger partial charge in [0.1, 0.15) is 11.4 Å². The third-order valence-corrected chi connectivity index (χ3v) is 5.42. The molecule has 2 heterocycles. The van der Waals surface area contributed by atoms with E-state index in [1.54, 1.807) is 37.4 Å². The summed E-state index contributed by atoms with van der Waals surface area (Å²) < 4.78 is 16.3. The lowest BCUT2D eigenvalue weighted by atomic mass is 10.0. The van der Waals surface area contributed by atoms with Crippen LogP contribution in [0.2, 0.25) is 0 Å². The Morgan fingerprint density at radius 2 is 1.81 bits per heavy atom. The quantitative estimate of drug-likeness (QED) is 0.482. The third-order valence-electron chi connectivity index (χ3n) is 5.42. The molecule has 4 rings (SSSR count). The second-order valence-electron chi connectivity index (χ2n) is 7.47. The summed E-state index contributed by atoms with van der Waals surface area (Å²) in [7, 11) is 1.55. The summed E-state index contributed by atoms with van der Waals surface area (Å²) in [5.74, 6) is 1.14. The van der Waals surface area contributed by atoms with Crippen molar-refractivity contribution in [3.05, 3.63) is 53.7 Å². The summed E-state index contributed by atoms with van der Waals surface area (Å²) in [6, 6.07) is 12.6. The number of methoxy groups -OCH3 is 1. The van der Waals surface area contributed by atoms with Crippen molar-refractivity contribution in [1.82, 2.24) is 4.90 Å². The summed E-state index contributed by atoms with van der Waals surface area (Å²) in [6.45, 7) is 2.68. The normalized spacial score (nSPS) is 15.1. The van der Waals surface area contributed by atoms with E-state index in [2.05, 4.69) is 12.2 Å². The van der Waals surface area contributed by atoms with Crippen molar-refractivity contribution in [1.29, 1.82) is 0 Å². The van der Waals surface area contributed by atoms with Crippen LogP contribution in [0.5, 0.6) is 17.2 Å². The number of amides is 2. The predicted octanol–water partition coefficient (Wildman–Crippen LogP) is 4.20. The van der Waals surface area contributed by atoms with E-state index in [0.29, 0.717) is 40.6 Å². The van der Waals surface area contributed by atoms with Crippen LogP contribution < -0.4 is 19.5 Å². The highest BCUT2D eigenvalue weighted by atomic mass is 16.7. The van der Waals surface area contributed by atoms with Gasteiger partial charge in [0.2, 0.25) is 6.79 Å². The van der Waals surface area contributed by atoms with Crippen molar-refractivity contribution in [2.24, 2.45) is 0 Å². The van der Waals surface area contributed by atoms with Gasteiger partial charge in [-0.2, -0.15) is 0 Å². The smallest absolute Gasteiger partial charge is 0.278 e. The van der Waals surface area contributed by atoms with E-state index in [1.807, 2.05) is 12.1 Å². The van der Waals surface area contributed by atoms with Gasteiger partial charge in [-0.15, -0.1) is 0 Å². The van der Waals surface area contributed by atoms with Crippen LogP contribution in [0.4, 0.5) is 5.69 Å². The molecule has 31 heavy (non-hydrogen) atoms. The van der Waals surface area contributed by atoms with E-state index in [9.17, 15) is 9.59 Å². The number of hydrogen-bond donors (Lipinski definition) is 1. The van der Waals surface area contributed by atoms with E-state index in [4.69, 9.17) is 14.2 Å². The molecule has 7 heteroatoms. The Morgan fingerprint density at radius 3 is 2.61 bits per heavy atom. The van der Waals surface area contributed by atoms with Gasteiger partial charge in [-0.05, 0) is 24.6 Å². The number of nitrogens with one attached hydrogen (secondary N) is 1. The molecule has 0 saturated heterocycles. The third kappa shape index (κ3) is 4.08. The second-order valence-corrected chi connectivity index (χ2v) is 7.47. The molecule has 0 aliphatic carbocycles. The first-order valence-corrected chi connectivity index (χ1v) is 10.5. The van der Waals surface area contributed by atoms with Gasteiger partial charge >= 0.3 is 0 Å². The number of carbonyl (C=O) groups is 2. The molecule has 2 aliphatic heterocycles. The topological polar surface area (TPSA) is 77.1 Å². The van der Waals surface area contributed by atoms with Crippen LogP contribution in [0.25, 0.3) is 5.57 Å². The van der Waals surface area contributed by atoms with Gasteiger partial charge in [-0.25, -0.2) is 0 Å². The number of para-hydroxylation sites is 1. The first kappa shape index (κ1) is 20.8. The fourth-order valence-electron chi connectivity index (χ4n) is 3.81. The minimum Gasteiger partial charge on any atom is -0.496 e. The Labute approximate surface area is 181 Å². The van der Waals surface area contributed by atoms with Gasteiger partial charge in [-0.3, -0.25) is 14.5 Å². The molecular weight excluding hydrogens is 396 g/mol. The highest BCUT2D eigenvalue weighted by Crippen LogP contribution is 2.38. The van der Waals surface area contributed by atoms with Crippen LogP contribution >= 0.6 is 0 Å². The van der Waals surface area contributed by atoms with Gasteiger partial charge < -0.3 is 19.5 Å². The summed E-state index contributed by atoms with van der Waals surface area (Å²) in [4.78, 5) is 28.0. The van der Waals surface area contributed by atoms with E-state index in [-0.39, 0.29) is 24.3 Å². The standard InChI is InChI=1S/C24H26N2O5/c1-3-4-5-8-13-26-23(27)21(17-9-6-7-10-18(17)29-2)22(24(26)28)25-16-11-12-19-20(14-16)31-15-30-19/h6-7,9-12,14,25H,3-5,8,13,15H2,1-2H3. The summed E-state index contributed by atoms with van der Waals surface area (Å²) in [6.07, 6.45) is 3.92. The number of ether oxygens (including phenoxy) is 3. The van der Waals surface area contributed by atoms with Crippen LogP contribution in [0, 0.1) is 0 Å². The molecule has 0 aromatic heterocycles. The van der Waals surface area contributed by atoms with Crippen molar-refractivity contribution in [3.63, 3.8) is 0 Å². The van der Waals surface area contributed by atoms with E-state index < -0.39 is 0 Å². The Balaban J connectivity index is 1.69. The molecule has 2 amide bonds. The minimum absolute atomic E-state index is 0.164. The Hall–Kier alpha value is -3.48. The van der Waals surface area contributed by atoms with E-state index in [0.717, 1.165) is 25.7 Å². The molecule has 0 fully saturated rings. The Bertz CT molecular complexity index is 1030.